The van der Waals surface area contributed by atoms with Gasteiger partial charge in [-0.2, -0.15) is 5.26 Å². The Hall–Kier alpha value is -2.61. The summed E-state index contributed by atoms with van der Waals surface area (Å²) in [4.78, 5) is 37.8. The molecule has 2 aromatic carbocycles. The van der Waals surface area contributed by atoms with E-state index in [0.717, 1.165) is 26.3 Å². The number of halogens is 2. The molecule has 0 saturated heterocycles. The number of rotatable bonds is 6. The Kier molecular flexibility index (Phi) is 8.35. The fraction of sp³-hybridized carbons (Fsp3) is 0.217. The number of nitriles is 1. The molecule has 1 aliphatic rings. The monoisotopic (exact) mass is 591 g/mol. The second-order valence-corrected chi connectivity index (χ2v) is 9.99. The molecule has 0 spiro atoms. The van der Waals surface area contributed by atoms with Crippen molar-refractivity contribution in [2.45, 2.75) is 12.8 Å². The van der Waals surface area contributed by atoms with Crippen LogP contribution < -0.4 is 10.6 Å². The van der Waals surface area contributed by atoms with Crippen LogP contribution in [0.1, 0.15) is 17.0 Å². The number of aryl methyl sites for hydroxylation is 1. The first-order valence-electron chi connectivity index (χ1n) is 9.72. The number of hydrogen-bond donors (Lipinski definition) is 2. The van der Waals surface area contributed by atoms with Gasteiger partial charge < -0.3 is 15.4 Å². The van der Waals surface area contributed by atoms with Gasteiger partial charge >= 0.3 is 5.97 Å². The van der Waals surface area contributed by atoms with Gasteiger partial charge in [-0.1, -0.05) is 55.8 Å². The highest BCUT2D eigenvalue weighted by Crippen LogP contribution is 2.40. The molecule has 0 aromatic heterocycles. The van der Waals surface area contributed by atoms with E-state index in [2.05, 4.69) is 48.6 Å². The largest absolute Gasteiger partial charge is 0.468 e. The highest BCUT2D eigenvalue weighted by Gasteiger charge is 2.44. The van der Waals surface area contributed by atoms with Crippen LogP contribution >= 0.6 is 43.6 Å². The molecule has 33 heavy (non-hydrogen) atoms. The molecule has 2 N–H and O–H groups in total. The highest BCUT2D eigenvalue weighted by molar-refractivity contribution is 9.10. The van der Waals surface area contributed by atoms with E-state index >= 15 is 0 Å². The summed E-state index contributed by atoms with van der Waals surface area (Å²) in [7, 11) is 1.20. The van der Waals surface area contributed by atoms with Crippen molar-refractivity contribution in [1.29, 1.82) is 5.26 Å². The maximum Gasteiger partial charge on any atom is 0.319 e. The van der Waals surface area contributed by atoms with Crippen molar-refractivity contribution >= 4 is 67.1 Å². The Morgan fingerprint density at radius 3 is 2.58 bits per heavy atom. The molecular formula is C23H19Br2N3O4S. The minimum atomic E-state index is -1.22. The summed E-state index contributed by atoms with van der Waals surface area (Å²) in [6.07, 6.45) is 0. The van der Waals surface area contributed by atoms with Crippen molar-refractivity contribution in [3.63, 3.8) is 0 Å². The van der Waals surface area contributed by atoms with Crippen LogP contribution in [-0.4, -0.2) is 30.6 Å². The van der Waals surface area contributed by atoms with E-state index in [1.165, 1.54) is 7.11 Å². The average Bonchev–Trinajstić information content (AvgIpc) is 2.78. The molecule has 0 aliphatic carbocycles. The first-order valence-corrected chi connectivity index (χ1v) is 12.3. The van der Waals surface area contributed by atoms with Crippen molar-refractivity contribution < 1.29 is 19.1 Å². The van der Waals surface area contributed by atoms with Gasteiger partial charge in [0.05, 0.1) is 29.5 Å². The van der Waals surface area contributed by atoms with Crippen LogP contribution in [0.25, 0.3) is 0 Å². The predicted molar refractivity (Wildman–Crippen MR) is 133 cm³/mol. The normalized spacial score (nSPS) is 17.7. The molecule has 0 bridgehead atoms. The molecule has 2 amide bonds. The topological polar surface area (TPSA) is 108 Å². The summed E-state index contributed by atoms with van der Waals surface area (Å²) in [5.41, 5.74) is 2.37. The van der Waals surface area contributed by atoms with E-state index in [-0.39, 0.29) is 22.3 Å². The lowest BCUT2D eigenvalue weighted by atomic mass is 9.78. The summed E-state index contributed by atoms with van der Waals surface area (Å²) in [6.45, 7) is 1.88. The van der Waals surface area contributed by atoms with Gasteiger partial charge in [-0.05, 0) is 48.4 Å². The van der Waals surface area contributed by atoms with E-state index < -0.39 is 23.7 Å². The number of thioether (sulfide) groups is 1. The third kappa shape index (κ3) is 5.85. The molecule has 1 aliphatic heterocycles. The first kappa shape index (κ1) is 25.0. The molecule has 1 heterocycles. The van der Waals surface area contributed by atoms with Crippen molar-refractivity contribution in [3.8, 4) is 6.07 Å². The standard InChI is InChI=1S/C23H19Br2N3O4S/c1-12-8-15(25)6-7-17(12)27-18(29)11-33-22-16(10-26)19(13-4-3-5-14(24)9-13)20(21(30)28-22)23(31)32-2/h3-9,19-20H,11H2,1-2H3,(H,27,29)(H,28,30)/t19-,20+/m1/s1. The minimum absolute atomic E-state index is 0.0373. The van der Waals surface area contributed by atoms with Crippen LogP contribution in [0.15, 0.2) is 62.0 Å². The van der Waals surface area contributed by atoms with Gasteiger partial charge in [0, 0.05) is 20.6 Å². The van der Waals surface area contributed by atoms with Gasteiger partial charge in [-0.15, -0.1) is 0 Å². The molecule has 3 rings (SSSR count). The number of benzene rings is 2. The lowest BCUT2D eigenvalue weighted by Crippen LogP contribution is -2.44. The van der Waals surface area contributed by atoms with Gasteiger partial charge in [-0.3, -0.25) is 14.4 Å². The zero-order chi connectivity index (χ0) is 24.1. The van der Waals surface area contributed by atoms with Crippen LogP contribution in [0.2, 0.25) is 0 Å². The first-order chi connectivity index (χ1) is 15.7. The summed E-state index contributed by atoms with van der Waals surface area (Å²) in [5.74, 6) is -3.71. The number of methoxy groups -OCH3 is 1. The maximum atomic E-state index is 12.9. The number of hydrogen-bond acceptors (Lipinski definition) is 6. The van der Waals surface area contributed by atoms with Gasteiger partial charge in [0.2, 0.25) is 11.8 Å². The number of esters is 1. The highest BCUT2D eigenvalue weighted by atomic mass is 79.9. The Bertz CT molecular complexity index is 1190. The van der Waals surface area contributed by atoms with Crippen LogP contribution in [0.3, 0.4) is 0 Å². The van der Waals surface area contributed by atoms with Crippen molar-refractivity contribution in [2.24, 2.45) is 5.92 Å². The third-order valence-electron chi connectivity index (χ3n) is 5.00. The summed E-state index contributed by atoms with van der Waals surface area (Å²) in [5, 5.41) is 15.6. The molecule has 2 aromatic rings. The minimum Gasteiger partial charge on any atom is -0.468 e. The number of anilines is 1. The number of nitrogens with one attached hydrogen (secondary N) is 2. The summed E-state index contributed by atoms with van der Waals surface area (Å²) < 4.78 is 6.48. The predicted octanol–water partition coefficient (Wildman–Crippen LogP) is 4.63. The molecule has 0 saturated carbocycles. The van der Waals surface area contributed by atoms with Crippen molar-refractivity contribution in [1.82, 2.24) is 5.32 Å². The fourth-order valence-corrected chi connectivity index (χ4v) is 5.21. The zero-order valence-electron chi connectivity index (χ0n) is 17.6. The number of nitrogens with zero attached hydrogens (tertiary/aromatic N) is 1. The fourth-order valence-electron chi connectivity index (χ4n) is 3.47. The van der Waals surface area contributed by atoms with E-state index in [4.69, 9.17) is 4.74 Å². The number of allylic oxidation sites excluding steroid dienone is 1. The Labute approximate surface area is 212 Å². The third-order valence-corrected chi connectivity index (χ3v) is 7.01. The molecule has 7 nitrogen and oxygen atoms in total. The van der Waals surface area contributed by atoms with Gasteiger partial charge in [0.25, 0.3) is 0 Å². The summed E-state index contributed by atoms with van der Waals surface area (Å²) >= 11 is 7.81. The van der Waals surface area contributed by atoms with E-state index in [1.807, 2.05) is 19.1 Å². The molecule has 10 heteroatoms. The van der Waals surface area contributed by atoms with Crippen molar-refractivity contribution in [2.75, 3.05) is 18.2 Å². The lowest BCUT2D eigenvalue weighted by molar-refractivity contribution is -0.150. The van der Waals surface area contributed by atoms with Crippen molar-refractivity contribution in [3.05, 3.63) is 73.1 Å². The molecule has 0 fully saturated rings. The quantitative estimate of drug-likeness (QED) is 0.374. The Balaban J connectivity index is 1.89. The Morgan fingerprint density at radius 2 is 1.94 bits per heavy atom. The molecule has 0 unspecified atom stereocenters. The number of carbonyl (C=O) groups excluding carboxylic acids is 3. The van der Waals surface area contributed by atoms with E-state index in [0.29, 0.717) is 11.3 Å². The SMILES string of the molecule is COC(=O)[C@@H]1C(=O)NC(SCC(=O)Nc2ccc(Br)cc2C)=C(C#N)[C@H]1c1cccc(Br)c1. The van der Waals surface area contributed by atoms with Gasteiger partial charge in [0.1, 0.15) is 5.92 Å². The zero-order valence-corrected chi connectivity index (χ0v) is 21.6. The molecule has 0 radical (unpaired) electrons. The van der Waals surface area contributed by atoms with Crippen LogP contribution in [-0.2, 0) is 19.1 Å². The summed E-state index contributed by atoms with van der Waals surface area (Å²) in [6, 6.07) is 14.7. The molecule has 2 atom stereocenters. The average molecular weight is 593 g/mol. The number of amides is 2. The maximum absolute atomic E-state index is 12.9. The second kappa shape index (κ2) is 11.0. The number of ether oxygens (including phenoxy) is 1. The van der Waals surface area contributed by atoms with Crippen LogP contribution in [0.5, 0.6) is 0 Å². The van der Waals surface area contributed by atoms with Gasteiger partial charge in [-0.25, -0.2) is 0 Å². The molecule has 170 valence electrons. The second-order valence-electron chi connectivity index (χ2n) is 7.17. The van der Waals surface area contributed by atoms with Crippen LogP contribution in [0.4, 0.5) is 5.69 Å². The molecular weight excluding hydrogens is 574 g/mol. The smallest absolute Gasteiger partial charge is 0.319 e. The Morgan fingerprint density at radius 1 is 1.21 bits per heavy atom. The van der Waals surface area contributed by atoms with E-state index in [9.17, 15) is 19.6 Å². The van der Waals surface area contributed by atoms with Crippen LogP contribution in [0, 0.1) is 24.2 Å². The number of carbonyl (C=O) groups is 3. The van der Waals surface area contributed by atoms with Gasteiger partial charge in [0.15, 0.2) is 0 Å². The van der Waals surface area contributed by atoms with E-state index in [1.54, 1.807) is 30.3 Å². The lowest BCUT2D eigenvalue weighted by Gasteiger charge is -2.31.